The van der Waals surface area contributed by atoms with Gasteiger partial charge in [-0.15, -0.1) is 0 Å². The standard InChI is InChI=1S/C20H17Cl2N3O3S2/c1-28-19-11-4-14(22)12-18(19)24-20(29)23-15-7-9-17(10-8-15)30(26,27)25-16-5-2-13(21)3-6-16/h2-12,25H,1H3,(H2,23,24,29). The summed E-state index contributed by atoms with van der Waals surface area (Å²) in [4.78, 5) is 0.110. The Hall–Kier alpha value is -2.52. The second kappa shape index (κ2) is 9.53. The van der Waals surface area contributed by atoms with Crippen molar-refractivity contribution >= 4 is 67.6 Å². The molecule has 0 saturated heterocycles. The smallest absolute Gasteiger partial charge is 0.261 e. The first-order valence-electron chi connectivity index (χ1n) is 8.57. The van der Waals surface area contributed by atoms with Crippen molar-refractivity contribution in [3.8, 4) is 5.75 Å². The number of ether oxygens (including phenoxy) is 1. The number of rotatable bonds is 6. The molecule has 0 bridgehead atoms. The predicted molar refractivity (Wildman–Crippen MR) is 127 cm³/mol. The highest BCUT2D eigenvalue weighted by atomic mass is 35.5. The molecule has 0 atom stereocenters. The van der Waals surface area contributed by atoms with Gasteiger partial charge in [0.05, 0.1) is 17.7 Å². The van der Waals surface area contributed by atoms with E-state index in [9.17, 15) is 8.42 Å². The summed E-state index contributed by atoms with van der Waals surface area (Å²) in [5.74, 6) is 0.582. The number of anilines is 3. The Morgan fingerprint density at radius 2 is 1.47 bits per heavy atom. The Morgan fingerprint density at radius 3 is 2.10 bits per heavy atom. The number of hydrogen-bond donors (Lipinski definition) is 3. The van der Waals surface area contributed by atoms with E-state index in [2.05, 4.69) is 15.4 Å². The fourth-order valence-corrected chi connectivity index (χ4v) is 4.10. The molecule has 0 spiro atoms. The summed E-state index contributed by atoms with van der Waals surface area (Å²) in [6, 6.07) is 17.7. The first-order valence-corrected chi connectivity index (χ1v) is 11.2. The highest BCUT2D eigenvalue weighted by molar-refractivity contribution is 7.92. The van der Waals surface area contributed by atoms with Gasteiger partial charge in [0.25, 0.3) is 10.0 Å². The molecular weight excluding hydrogens is 465 g/mol. The van der Waals surface area contributed by atoms with Gasteiger partial charge < -0.3 is 15.4 Å². The number of sulfonamides is 1. The second-order valence-electron chi connectivity index (χ2n) is 6.06. The largest absolute Gasteiger partial charge is 0.495 e. The van der Waals surface area contributed by atoms with Crippen molar-refractivity contribution in [3.63, 3.8) is 0 Å². The summed E-state index contributed by atoms with van der Waals surface area (Å²) in [6.07, 6.45) is 0. The molecule has 0 heterocycles. The Labute approximate surface area is 190 Å². The SMILES string of the molecule is COc1ccc(Cl)cc1NC(=S)Nc1ccc(S(=O)(=O)Nc2ccc(Cl)cc2)cc1. The summed E-state index contributed by atoms with van der Waals surface area (Å²) < 4.78 is 32.8. The predicted octanol–water partition coefficient (Wildman–Crippen LogP) is 5.61. The van der Waals surface area contributed by atoms with Gasteiger partial charge in [0.2, 0.25) is 0 Å². The zero-order valence-electron chi connectivity index (χ0n) is 15.6. The van der Waals surface area contributed by atoms with Crippen LogP contribution >= 0.6 is 35.4 Å². The summed E-state index contributed by atoms with van der Waals surface area (Å²) >= 11 is 17.1. The number of methoxy groups -OCH3 is 1. The van der Waals surface area contributed by atoms with E-state index in [1.165, 1.54) is 12.1 Å². The van der Waals surface area contributed by atoms with Crippen molar-refractivity contribution in [1.29, 1.82) is 0 Å². The van der Waals surface area contributed by atoms with Crippen LogP contribution in [-0.4, -0.2) is 20.6 Å². The van der Waals surface area contributed by atoms with Gasteiger partial charge in [-0.3, -0.25) is 4.72 Å². The van der Waals surface area contributed by atoms with Crippen molar-refractivity contribution < 1.29 is 13.2 Å². The molecule has 3 aromatic carbocycles. The molecule has 0 fully saturated rings. The minimum atomic E-state index is -3.73. The summed E-state index contributed by atoms with van der Waals surface area (Å²) in [5, 5.41) is 7.34. The maximum Gasteiger partial charge on any atom is 0.261 e. The van der Waals surface area contributed by atoms with Crippen LogP contribution < -0.4 is 20.1 Å². The zero-order valence-corrected chi connectivity index (χ0v) is 18.8. The van der Waals surface area contributed by atoms with Gasteiger partial charge in [-0.05, 0) is 78.9 Å². The summed E-state index contributed by atoms with van der Waals surface area (Å²) in [7, 11) is -2.19. The van der Waals surface area contributed by atoms with E-state index in [0.717, 1.165) is 0 Å². The van der Waals surface area contributed by atoms with E-state index in [4.69, 9.17) is 40.2 Å². The van der Waals surface area contributed by atoms with Crippen molar-refractivity contribution in [3.05, 3.63) is 76.8 Å². The third-order valence-electron chi connectivity index (χ3n) is 3.93. The van der Waals surface area contributed by atoms with Crippen LogP contribution in [0.3, 0.4) is 0 Å². The molecule has 10 heteroatoms. The van der Waals surface area contributed by atoms with Gasteiger partial charge >= 0.3 is 0 Å². The van der Waals surface area contributed by atoms with Gasteiger partial charge in [-0.1, -0.05) is 23.2 Å². The van der Waals surface area contributed by atoms with Crippen LogP contribution in [0.4, 0.5) is 17.1 Å². The summed E-state index contributed by atoms with van der Waals surface area (Å²) in [6.45, 7) is 0. The van der Waals surface area contributed by atoms with E-state index < -0.39 is 10.0 Å². The van der Waals surface area contributed by atoms with E-state index in [1.807, 2.05) is 0 Å². The molecule has 156 valence electrons. The number of halogens is 2. The maximum absolute atomic E-state index is 12.5. The minimum absolute atomic E-state index is 0.110. The van der Waals surface area contributed by atoms with Crippen LogP contribution in [-0.2, 0) is 10.0 Å². The number of thiocarbonyl (C=S) groups is 1. The third kappa shape index (κ3) is 5.76. The van der Waals surface area contributed by atoms with Gasteiger partial charge in [0.1, 0.15) is 5.75 Å². The normalized spacial score (nSPS) is 10.9. The lowest BCUT2D eigenvalue weighted by Gasteiger charge is -2.14. The first kappa shape index (κ1) is 22.2. The van der Waals surface area contributed by atoms with Crippen LogP contribution in [0.1, 0.15) is 0 Å². The highest BCUT2D eigenvalue weighted by Crippen LogP contribution is 2.28. The maximum atomic E-state index is 12.5. The second-order valence-corrected chi connectivity index (χ2v) is 9.02. The molecule has 0 amide bonds. The van der Waals surface area contributed by atoms with Crippen molar-refractivity contribution in [2.24, 2.45) is 0 Å². The average Bonchev–Trinajstić information content (AvgIpc) is 2.70. The van der Waals surface area contributed by atoms with Crippen LogP contribution in [0.15, 0.2) is 71.6 Å². The molecule has 3 rings (SSSR count). The Kier molecular flexibility index (Phi) is 7.04. The van der Waals surface area contributed by atoms with E-state index in [1.54, 1.807) is 61.7 Å². The van der Waals surface area contributed by atoms with Crippen molar-refractivity contribution in [1.82, 2.24) is 0 Å². The molecule has 0 aliphatic carbocycles. The number of benzene rings is 3. The van der Waals surface area contributed by atoms with E-state index in [0.29, 0.717) is 38.0 Å². The number of nitrogens with one attached hydrogen (secondary N) is 3. The Morgan fingerprint density at radius 1 is 0.867 bits per heavy atom. The molecule has 0 saturated carbocycles. The van der Waals surface area contributed by atoms with Crippen LogP contribution in [0.2, 0.25) is 10.0 Å². The van der Waals surface area contributed by atoms with Crippen LogP contribution in [0.25, 0.3) is 0 Å². The molecular formula is C20H17Cl2N3O3S2. The van der Waals surface area contributed by atoms with Crippen LogP contribution in [0.5, 0.6) is 5.75 Å². The van der Waals surface area contributed by atoms with Gasteiger partial charge in [0, 0.05) is 21.4 Å². The molecule has 3 aromatic rings. The molecule has 0 aromatic heterocycles. The monoisotopic (exact) mass is 481 g/mol. The lowest BCUT2D eigenvalue weighted by Crippen LogP contribution is -2.19. The third-order valence-corrected chi connectivity index (χ3v) is 6.02. The Bertz CT molecular complexity index is 1150. The minimum Gasteiger partial charge on any atom is -0.495 e. The Balaban J connectivity index is 1.67. The molecule has 0 aliphatic rings. The highest BCUT2D eigenvalue weighted by Gasteiger charge is 2.14. The number of hydrogen-bond acceptors (Lipinski definition) is 4. The molecule has 3 N–H and O–H groups in total. The topological polar surface area (TPSA) is 79.5 Å². The van der Waals surface area contributed by atoms with Crippen molar-refractivity contribution in [2.45, 2.75) is 4.90 Å². The fraction of sp³-hybridized carbons (Fsp3) is 0.0500. The lowest BCUT2D eigenvalue weighted by molar-refractivity contribution is 0.417. The van der Waals surface area contributed by atoms with Gasteiger partial charge in [-0.25, -0.2) is 8.42 Å². The zero-order chi connectivity index (χ0) is 21.7. The first-order chi connectivity index (χ1) is 14.3. The summed E-state index contributed by atoms with van der Waals surface area (Å²) in [5.41, 5.74) is 1.63. The average molecular weight is 482 g/mol. The van der Waals surface area contributed by atoms with Gasteiger partial charge in [-0.2, -0.15) is 0 Å². The van der Waals surface area contributed by atoms with Crippen molar-refractivity contribution in [2.75, 3.05) is 22.5 Å². The van der Waals surface area contributed by atoms with E-state index >= 15 is 0 Å². The lowest BCUT2D eigenvalue weighted by atomic mass is 10.3. The molecule has 30 heavy (non-hydrogen) atoms. The quantitative estimate of drug-likeness (QED) is 0.397. The molecule has 0 radical (unpaired) electrons. The molecule has 0 unspecified atom stereocenters. The van der Waals surface area contributed by atoms with Gasteiger partial charge in [0.15, 0.2) is 5.11 Å². The fourth-order valence-electron chi connectivity index (χ4n) is 2.51. The van der Waals surface area contributed by atoms with E-state index in [-0.39, 0.29) is 4.90 Å². The molecule has 0 aliphatic heterocycles. The van der Waals surface area contributed by atoms with Crippen LogP contribution in [0, 0.1) is 0 Å². The molecule has 6 nitrogen and oxygen atoms in total.